The number of nitrogen functional groups attached to an aromatic ring is 1. The number of nitrogens with zero attached hydrogens (tertiary/aromatic N) is 4. The minimum absolute atomic E-state index is 0.177. The number of nitrogens with one attached hydrogen (secondary N) is 1. The number of fused-ring (bicyclic) bond motifs is 1. The first-order chi connectivity index (χ1) is 13.7. The van der Waals surface area contributed by atoms with Crippen LogP contribution in [0.5, 0.6) is 5.75 Å². The molecule has 9 nitrogen and oxygen atoms in total. The number of pyridine rings is 1. The van der Waals surface area contributed by atoms with Gasteiger partial charge in [-0.15, -0.1) is 0 Å². The smallest absolute Gasteiger partial charge is 0.232 e. The van der Waals surface area contributed by atoms with Crippen molar-refractivity contribution in [2.45, 2.75) is 6.42 Å². The Labute approximate surface area is 165 Å². The lowest BCUT2D eigenvalue weighted by molar-refractivity contribution is 0.122. The van der Waals surface area contributed by atoms with Gasteiger partial charge in [0, 0.05) is 45.4 Å². The van der Waals surface area contributed by atoms with Gasteiger partial charge in [-0.25, -0.2) is 4.98 Å². The maximum atomic E-state index is 11.2. The number of ether oxygens (including phenoxy) is 2. The van der Waals surface area contributed by atoms with Crippen LogP contribution < -0.4 is 20.7 Å². The summed E-state index contributed by atoms with van der Waals surface area (Å²) in [4.78, 5) is 6.83. The number of benzene rings is 1. The Morgan fingerprint density at radius 3 is 2.86 bits per heavy atom. The van der Waals surface area contributed by atoms with Crippen molar-refractivity contribution < 1.29 is 14.0 Å². The van der Waals surface area contributed by atoms with Gasteiger partial charge in [-0.1, -0.05) is 12.1 Å². The van der Waals surface area contributed by atoms with E-state index in [2.05, 4.69) is 30.0 Å². The molecule has 3 aromatic rings. The number of rotatable bonds is 7. The number of hydrogen-bond acceptors (Lipinski definition) is 9. The predicted octanol–water partition coefficient (Wildman–Crippen LogP) is 2.05. The third-order valence-corrected chi connectivity index (χ3v) is 5.21. The lowest BCUT2D eigenvalue weighted by Crippen LogP contribution is -2.36. The molecule has 3 heterocycles. The van der Waals surface area contributed by atoms with Crippen LogP contribution in [0.3, 0.4) is 0 Å². The second-order valence-electron chi connectivity index (χ2n) is 6.36. The van der Waals surface area contributed by atoms with Crippen LogP contribution in [0.25, 0.3) is 10.8 Å². The summed E-state index contributed by atoms with van der Waals surface area (Å²) >= 11 is -1.60. The van der Waals surface area contributed by atoms with E-state index in [4.69, 9.17) is 15.2 Å². The average molecular weight is 402 g/mol. The topological polar surface area (TPSA) is 121 Å². The monoisotopic (exact) mass is 402 g/mol. The molecule has 1 atom stereocenters. The highest BCUT2D eigenvalue weighted by Crippen LogP contribution is 2.31. The van der Waals surface area contributed by atoms with Crippen molar-refractivity contribution in [3.05, 3.63) is 30.5 Å². The SMILES string of the molecule is Nc1n[s+]([O-])nc1NCCCOc1cccc2c(N3CCOCC3)nccc12. The largest absolute Gasteiger partial charge is 0.546 e. The van der Waals surface area contributed by atoms with Gasteiger partial charge >= 0.3 is 0 Å². The fourth-order valence-corrected chi connectivity index (χ4v) is 3.78. The van der Waals surface area contributed by atoms with Crippen LogP contribution >= 0.6 is 11.1 Å². The minimum atomic E-state index is -1.60. The van der Waals surface area contributed by atoms with Crippen molar-refractivity contribution in [3.8, 4) is 5.75 Å². The molecule has 0 radical (unpaired) electrons. The van der Waals surface area contributed by atoms with E-state index in [-0.39, 0.29) is 5.82 Å². The van der Waals surface area contributed by atoms with Crippen molar-refractivity contribution in [2.24, 2.45) is 0 Å². The summed E-state index contributed by atoms with van der Waals surface area (Å²) in [7, 11) is 0. The van der Waals surface area contributed by atoms with Crippen LogP contribution in [0.1, 0.15) is 6.42 Å². The third kappa shape index (κ3) is 4.08. The van der Waals surface area contributed by atoms with Gasteiger partial charge in [-0.3, -0.25) is 0 Å². The molecule has 2 aromatic heterocycles. The van der Waals surface area contributed by atoms with Crippen molar-refractivity contribution in [2.75, 3.05) is 55.4 Å². The highest BCUT2D eigenvalue weighted by atomic mass is 32.2. The number of anilines is 3. The Morgan fingerprint density at radius 1 is 1.21 bits per heavy atom. The van der Waals surface area contributed by atoms with Crippen LogP contribution in [0.15, 0.2) is 30.5 Å². The second kappa shape index (κ2) is 8.55. The van der Waals surface area contributed by atoms with Gasteiger partial charge in [0.1, 0.15) is 11.6 Å². The summed E-state index contributed by atoms with van der Waals surface area (Å²) in [6.45, 7) is 4.23. The molecule has 0 aliphatic carbocycles. The first-order valence-electron chi connectivity index (χ1n) is 9.15. The highest BCUT2D eigenvalue weighted by molar-refractivity contribution is 7.14. The van der Waals surface area contributed by atoms with Crippen LogP contribution in [-0.4, -0.2) is 57.7 Å². The summed E-state index contributed by atoms with van der Waals surface area (Å²) in [6, 6.07) is 8.00. The second-order valence-corrected chi connectivity index (χ2v) is 7.19. The van der Waals surface area contributed by atoms with Gasteiger partial charge in [0.25, 0.3) is 0 Å². The zero-order valence-corrected chi connectivity index (χ0v) is 16.2. The first-order valence-corrected chi connectivity index (χ1v) is 10.2. The summed E-state index contributed by atoms with van der Waals surface area (Å²) in [5.74, 6) is 2.35. The fraction of sp³-hybridized carbons (Fsp3) is 0.389. The molecule has 1 aliphatic rings. The summed E-state index contributed by atoms with van der Waals surface area (Å²) in [6.07, 6.45) is 2.55. The molecule has 0 bridgehead atoms. The van der Waals surface area contributed by atoms with E-state index < -0.39 is 11.1 Å². The van der Waals surface area contributed by atoms with Gasteiger partial charge in [0.15, 0.2) is 11.1 Å². The Bertz CT molecular complexity index is 944. The van der Waals surface area contributed by atoms with Crippen LogP contribution in [0.4, 0.5) is 17.5 Å². The van der Waals surface area contributed by atoms with Gasteiger partial charge in [-0.2, -0.15) is 0 Å². The summed E-state index contributed by atoms with van der Waals surface area (Å²) < 4.78 is 30.1. The van der Waals surface area contributed by atoms with Crippen molar-refractivity contribution >= 4 is 39.4 Å². The average Bonchev–Trinajstić information content (AvgIpc) is 3.05. The summed E-state index contributed by atoms with van der Waals surface area (Å²) in [5, 5.41) is 5.15. The first kappa shape index (κ1) is 18.7. The highest BCUT2D eigenvalue weighted by Gasteiger charge is 2.16. The number of nitrogens with two attached hydrogens (primary N) is 1. The summed E-state index contributed by atoms with van der Waals surface area (Å²) in [5.41, 5.74) is 5.63. The molecule has 0 spiro atoms. The molecule has 0 amide bonds. The number of aromatic nitrogens is 3. The number of hydrogen-bond donors (Lipinski definition) is 2. The lowest BCUT2D eigenvalue weighted by Gasteiger charge is -2.28. The fourth-order valence-electron chi connectivity index (χ4n) is 3.17. The third-order valence-electron chi connectivity index (χ3n) is 4.52. The molecule has 10 heteroatoms. The molecule has 0 saturated carbocycles. The number of morpholine rings is 1. The molecule has 1 aliphatic heterocycles. The maximum absolute atomic E-state index is 11.2. The zero-order chi connectivity index (χ0) is 19.3. The van der Waals surface area contributed by atoms with E-state index in [1.165, 1.54) is 0 Å². The van der Waals surface area contributed by atoms with Crippen LogP contribution in [0, 0.1) is 0 Å². The van der Waals surface area contributed by atoms with E-state index in [1.54, 1.807) is 0 Å². The van der Waals surface area contributed by atoms with Crippen molar-refractivity contribution in [1.29, 1.82) is 0 Å². The molecule has 148 valence electrons. The molecule has 1 saturated heterocycles. The molecule has 4 rings (SSSR count). The van der Waals surface area contributed by atoms with Gasteiger partial charge in [0.05, 0.1) is 19.8 Å². The van der Waals surface area contributed by atoms with Crippen molar-refractivity contribution in [3.63, 3.8) is 0 Å². The molecule has 1 aromatic carbocycles. The Balaban J connectivity index is 1.39. The zero-order valence-electron chi connectivity index (χ0n) is 15.3. The molecular formula is C18H22N6O3S. The van der Waals surface area contributed by atoms with Crippen LogP contribution in [0.2, 0.25) is 0 Å². The van der Waals surface area contributed by atoms with E-state index in [1.807, 2.05) is 24.4 Å². The predicted molar refractivity (Wildman–Crippen MR) is 108 cm³/mol. The van der Waals surface area contributed by atoms with Crippen molar-refractivity contribution in [1.82, 2.24) is 13.7 Å². The Kier molecular flexibility index (Phi) is 5.70. The molecule has 1 fully saturated rings. The lowest BCUT2D eigenvalue weighted by atomic mass is 10.1. The van der Waals surface area contributed by atoms with E-state index in [0.717, 1.165) is 55.1 Å². The van der Waals surface area contributed by atoms with Gasteiger partial charge in [-0.05, 0) is 18.6 Å². The molecule has 1 unspecified atom stereocenters. The van der Waals surface area contributed by atoms with Gasteiger partial charge < -0.3 is 30.0 Å². The normalized spacial score (nSPS) is 15.0. The van der Waals surface area contributed by atoms with E-state index >= 15 is 0 Å². The molecule has 28 heavy (non-hydrogen) atoms. The Morgan fingerprint density at radius 2 is 2.07 bits per heavy atom. The van der Waals surface area contributed by atoms with E-state index in [0.29, 0.717) is 19.0 Å². The molecular weight excluding hydrogens is 380 g/mol. The minimum Gasteiger partial charge on any atom is -0.546 e. The molecule has 3 N–H and O–H groups in total. The maximum Gasteiger partial charge on any atom is 0.232 e. The Hall–Kier alpha value is -2.69. The van der Waals surface area contributed by atoms with Crippen LogP contribution in [-0.2, 0) is 4.74 Å². The standard InChI is InChI=1S/C18H22N6O3S/c19-16-17(23-28(25)22-16)20-6-2-10-27-15-4-1-3-14-13(15)5-7-21-18(14)24-8-11-26-12-9-24/h1,3-5,7H,2,6,8-12H2,(H2,19,22)(H,20,23). The van der Waals surface area contributed by atoms with Gasteiger partial charge in [0.2, 0.25) is 11.6 Å². The quantitative estimate of drug-likeness (QED) is 0.451. The van der Waals surface area contributed by atoms with E-state index in [9.17, 15) is 4.55 Å².